The van der Waals surface area contributed by atoms with Gasteiger partial charge in [0, 0.05) is 16.6 Å². The zero-order chi connectivity index (χ0) is 24.3. The van der Waals surface area contributed by atoms with Crippen molar-refractivity contribution in [1.29, 1.82) is 0 Å². The van der Waals surface area contributed by atoms with E-state index in [9.17, 15) is 0 Å². The largest absolute Gasteiger partial charge is 2.00 e. The third-order valence-corrected chi connectivity index (χ3v) is 7.98. The summed E-state index contributed by atoms with van der Waals surface area (Å²) < 4.78 is 10.6. The molecule has 0 unspecified atom stereocenters. The Morgan fingerprint density at radius 2 is 1.58 bits per heavy atom. The van der Waals surface area contributed by atoms with Crippen LogP contribution in [-0.2, 0) is 21.1 Å². The van der Waals surface area contributed by atoms with Gasteiger partial charge in [-0.1, -0.05) is 65.4 Å². The molecular formula is C32H17N3OPtS. The van der Waals surface area contributed by atoms with Crippen LogP contribution in [0.4, 0.5) is 0 Å². The zero-order valence-electron chi connectivity index (χ0n) is 19.8. The van der Waals surface area contributed by atoms with Gasteiger partial charge in [-0.2, -0.15) is 22.5 Å². The molecule has 8 rings (SSSR count). The minimum atomic E-state index is 0. The molecule has 0 N–H and O–H groups in total. The first kappa shape index (κ1) is 23.1. The molecule has 8 aromatic rings. The Labute approximate surface area is 236 Å². The van der Waals surface area contributed by atoms with Crippen LogP contribution in [0.3, 0.4) is 0 Å². The van der Waals surface area contributed by atoms with Crippen molar-refractivity contribution in [1.82, 2.24) is 14.6 Å². The molecule has 4 aromatic heterocycles. The molecule has 6 heteroatoms. The SMILES string of the molecule is [Pt+2].[c-]1ccc2c(sc3ccccc32)c1-c1cccc(Oc2[c-]c3c(cc2)c2ccccc2c2ccnn32)n1. The van der Waals surface area contributed by atoms with Gasteiger partial charge in [-0.05, 0) is 44.9 Å². The van der Waals surface area contributed by atoms with E-state index >= 15 is 0 Å². The van der Waals surface area contributed by atoms with Gasteiger partial charge in [0.2, 0.25) is 5.88 Å². The molecule has 0 aliphatic carbocycles. The number of benzene rings is 4. The first-order valence-electron chi connectivity index (χ1n) is 12.0. The maximum Gasteiger partial charge on any atom is 2.00 e. The molecule has 0 radical (unpaired) electrons. The van der Waals surface area contributed by atoms with Gasteiger partial charge in [-0.25, -0.2) is 0 Å². The van der Waals surface area contributed by atoms with E-state index in [2.05, 4.69) is 77.9 Å². The molecule has 0 saturated heterocycles. The Balaban J connectivity index is 0.00000242. The Bertz CT molecular complexity index is 2150. The molecule has 0 aliphatic rings. The fraction of sp³-hybridized carbons (Fsp3) is 0. The van der Waals surface area contributed by atoms with Gasteiger partial charge in [0.1, 0.15) is 0 Å². The number of ether oxygens (including phenoxy) is 1. The number of thiophene rings is 1. The zero-order valence-corrected chi connectivity index (χ0v) is 22.9. The van der Waals surface area contributed by atoms with Crippen molar-refractivity contribution in [3.05, 3.63) is 115 Å². The number of nitrogens with zero attached hydrogens (tertiary/aromatic N) is 3. The Kier molecular flexibility index (Phi) is 5.50. The van der Waals surface area contributed by atoms with Crippen molar-refractivity contribution < 1.29 is 25.8 Å². The number of rotatable bonds is 3. The summed E-state index contributed by atoms with van der Waals surface area (Å²) in [6, 6.07) is 39.7. The van der Waals surface area contributed by atoms with Gasteiger partial charge in [-0.3, -0.25) is 9.50 Å². The summed E-state index contributed by atoms with van der Waals surface area (Å²) in [6.07, 6.45) is 1.82. The molecule has 4 nitrogen and oxygen atoms in total. The molecule has 0 atom stereocenters. The van der Waals surface area contributed by atoms with Crippen LogP contribution in [-0.4, -0.2) is 14.6 Å². The maximum atomic E-state index is 6.24. The molecule has 0 aliphatic heterocycles. The van der Waals surface area contributed by atoms with Crippen LogP contribution in [0.5, 0.6) is 11.6 Å². The second-order valence-electron chi connectivity index (χ2n) is 8.92. The molecule has 0 spiro atoms. The molecule has 4 aromatic carbocycles. The Morgan fingerprint density at radius 3 is 2.50 bits per heavy atom. The van der Waals surface area contributed by atoms with Crippen LogP contribution in [0, 0.1) is 12.1 Å². The van der Waals surface area contributed by atoms with Gasteiger partial charge in [-0.15, -0.1) is 41.3 Å². The average Bonchev–Trinajstić information content (AvgIpc) is 3.59. The van der Waals surface area contributed by atoms with E-state index in [4.69, 9.17) is 9.72 Å². The van der Waals surface area contributed by atoms with Crippen molar-refractivity contribution in [2.45, 2.75) is 0 Å². The van der Waals surface area contributed by atoms with E-state index in [0.29, 0.717) is 11.6 Å². The standard InChI is InChI=1S/C32H17N3OS.Pt/c1-2-8-22-21(7-1)23-16-15-20(19-29(23)35-28(22)17-18-33-35)36-31-14-6-12-27(34-31)26-11-5-10-25-24-9-3-4-13-30(24)37-32(25)26;/h1-10,12-18H;/q-2;+2. The Morgan fingerprint density at radius 1 is 0.737 bits per heavy atom. The fourth-order valence-electron chi connectivity index (χ4n) is 5.14. The summed E-state index contributed by atoms with van der Waals surface area (Å²) >= 11 is 1.77. The topological polar surface area (TPSA) is 39.4 Å². The number of aromatic nitrogens is 3. The average molecular weight is 687 g/mol. The summed E-state index contributed by atoms with van der Waals surface area (Å²) in [5.41, 5.74) is 3.73. The van der Waals surface area contributed by atoms with Crippen molar-refractivity contribution >= 4 is 58.7 Å². The molecule has 4 heterocycles. The van der Waals surface area contributed by atoms with Crippen LogP contribution in [0.1, 0.15) is 0 Å². The van der Waals surface area contributed by atoms with Crippen LogP contribution in [0.15, 0.2) is 103 Å². The molecule has 0 amide bonds. The monoisotopic (exact) mass is 686 g/mol. The first-order valence-corrected chi connectivity index (χ1v) is 12.8. The van der Waals surface area contributed by atoms with Gasteiger partial charge in [0.15, 0.2) is 0 Å². The number of pyridine rings is 2. The fourth-order valence-corrected chi connectivity index (χ4v) is 6.35. The van der Waals surface area contributed by atoms with Gasteiger partial charge >= 0.3 is 21.1 Å². The van der Waals surface area contributed by atoms with Crippen molar-refractivity contribution in [2.24, 2.45) is 0 Å². The molecule has 0 fully saturated rings. The maximum absolute atomic E-state index is 6.24. The van der Waals surface area contributed by atoms with Crippen LogP contribution < -0.4 is 4.74 Å². The van der Waals surface area contributed by atoms with Crippen LogP contribution in [0.25, 0.3) is 58.6 Å². The minimum Gasteiger partial charge on any atom is -0.466 e. The molecule has 182 valence electrons. The van der Waals surface area contributed by atoms with Crippen LogP contribution in [0.2, 0.25) is 0 Å². The minimum absolute atomic E-state index is 0. The summed E-state index contributed by atoms with van der Waals surface area (Å²) in [5, 5.41) is 10.4. The smallest absolute Gasteiger partial charge is 0.466 e. The third-order valence-electron chi connectivity index (χ3n) is 6.78. The van der Waals surface area contributed by atoms with Crippen molar-refractivity contribution in [3.8, 4) is 22.9 Å². The Hall–Kier alpha value is -4.05. The van der Waals surface area contributed by atoms with Gasteiger partial charge < -0.3 is 4.74 Å². The van der Waals surface area contributed by atoms with E-state index in [-0.39, 0.29) is 21.1 Å². The van der Waals surface area contributed by atoms with E-state index in [1.165, 1.54) is 25.6 Å². The van der Waals surface area contributed by atoms with Crippen molar-refractivity contribution in [3.63, 3.8) is 0 Å². The van der Waals surface area contributed by atoms with E-state index in [1.54, 1.807) is 11.3 Å². The second kappa shape index (κ2) is 9.05. The molecule has 38 heavy (non-hydrogen) atoms. The second-order valence-corrected chi connectivity index (χ2v) is 9.97. The summed E-state index contributed by atoms with van der Waals surface area (Å²) in [6.45, 7) is 0. The van der Waals surface area contributed by atoms with Gasteiger partial charge in [0.25, 0.3) is 0 Å². The summed E-state index contributed by atoms with van der Waals surface area (Å²) in [4.78, 5) is 4.85. The third kappa shape index (κ3) is 3.54. The number of hydrogen-bond acceptors (Lipinski definition) is 4. The van der Waals surface area contributed by atoms with E-state index < -0.39 is 0 Å². The summed E-state index contributed by atoms with van der Waals surface area (Å²) in [5.74, 6) is 1.10. The van der Waals surface area contributed by atoms with E-state index in [0.717, 1.165) is 33.1 Å². The summed E-state index contributed by atoms with van der Waals surface area (Å²) in [7, 11) is 0. The van der Waals surface area contributed by atoms with Gasteiger partial charge in [0.05, 0.1) is 5.52 Å². The molecular weight excluding hydrogens is 670 g/mol. The normalized spacial score (nSPS) is 11.5. The van der Waals surface area contributed by atoms with Crippen molar-refractivity contribution in [2.75, 3.05) is 0 Å². The quantitative estimate of drug-likeness (QED) is 0.138. The predicted molar refractivity (Wildman–Crippen MR) is 151 cm³/mol. The molecule has 0 saturated carbocycles. The predicted octanol–water partition coefficient (Wildman–Crippen LogP) is 8.46. The number of hydrogen-bond donors (Lipinski definition) is 0. The number of fused-ring (bicyclic) bond motifs is 9. The van der Waals surface area contributed by atoms with E-state index in [1.807, 2.05) is 47.1 Å². The van der Waals surface area contributed by atoms with Crippen LogP contribution >= 0.6 is 11.3 Å². The molecule has 0 bridgehead atoms. The first-order chi connectivity index (χ1) is 18.3.